The molecule has 0 bridgehead atoms. The van der Waals surface area contributed by atoms with Crippen LogP contribution in [0.4, 0.5) is 0 Å². The first-order valence-electron chi connectivity index (χ1n) is 7.94. The summed E-state index contributed by atoms with van der Waals surface area (Å²) >= 11 is 0. The number of aromatic nitrogens is 1. The van der Waals surface area contributed by atoms with Crippen molar-refractivity contribution in [2.75, 3.05) is 6.61 Å². The molecule has 13 heteroatoms. The Morgan fingerprint density at radius 2 is 1.93 bits per heavy atom. The molecule has 0 radical (unpaired) electrons. The molecule has 0 aliphatic carbocycles. The minimum absolute atomic E-state index is 0.00816. The zero-order valence-corrected chi connectivity index (χ0v) is 14.4. The lowest BCUT2D eigenvalue weighted by Crippen LogP contribution is -2.27. The predicted octanol–water partition coefficient (Wildman–Crippen LogP) is 1.41. The maximum atomic E-state index is 12.0. The Morgan fingerprint density at radius 1 is 1.19 bits per heavy atom. The smallest absolute Gasteiger partial charge is 0.357 e. The molecule has 1 rings (SSSR count). The lowest BCUT2D eigenvalue weighted by atomic mass is 10.1. The number of carbonyl (C=O) groups excluding carboxylic acids is 2. The number of H-pyrrole nitrogens is 1. The average molecular weight is 389 g/mol. The number of rotatable bonds is 13. The van der Waals surface area contributed by atoms with E-state index in [0.29, 0.717) is 0 Å². The van der Waals surface area contributed by atoms with Crippen molar-refractivity contribution in [3.63, 3.8) is 0 Å². The van der Waals surface area contributed by atoms with Gasteiger partial charge in [-0.2, -0.15) is 0 Å². The molecule has 1 heterocycles. The second kappa shape index (κ2) is 11.3. The number of ether oxygens (including phenoxy) is 2. The minimum atomic E-state index is -1.22. The predicted molar refractivity (Wildman–Crippen MR) is 85.0 cm³/mol. The molecule has 0 saturated carbocycles. The SMILES string of the molecule is CCC(=O)OC(CCC[C@H](CO[N+](=O)[O-])O[N+](=O)[O-])OC(=O)c1ccc[nH]1. The Kier molecular flexibility index (Phi) is 9.05. The molecule has 0 aliphatic rings. The molecular formula is C14H19N3O10. The van der Waals surface area contributed by atoms with Crippen LogP contribution in [0.1, 0.15) is 43.1 Å². The maximum absolute atomic E-state index is 12.0. The van der Waals surface area contributed by atoms with Gasteiger partial charge in [0.1, 0.15) is 18.4 Å². The number of nitrogens with zero attached hydrogens (tertiary/aromatic N) is 2. The molecule has 0 saturated heterocycles. The summed E-state index contributed by atoms with van der Waals surface area (Å²) in [6.45, 7) is 0.914. The summed E-state index contributed by atoms with van der Waals surface area (Å²) in [7, 11) is 0. The van der Waals surface area contributed by atoms with Gasteiger partial charge in [0.15, 0.2) is 0 Å². The fraction of sp³-hybridized carbons (Fsp3) is 0.571. The van der Waals surface area contributed by atoms with Crippen LogP contribution in [0.15, 0.2) is 18.3 Å². The van der Waals surface area contributed by atoms with Gasteiger partial charge in [-0.1, -0.05) is 6.92 Å². The van der Waals surface area contributed by atoms with E-state index in [-0.39, 0.29) is 31.4 Å². The fourth-order valence-corrected chi connectivity index (χ4v) is 1.96. The average Bonchev–Trinajstić information content (AvgIpc) is 3.13. The molecule has 0 fully saturated rings. The van der Waals surface area contributed by atoms with Crippen molar-refractivity contribution in [1.82, 2.24) is 4.98 Å². The van der Waals surface area contributed by atoms with E-state index in [1.54, 1.807) is 13.0 Å². The van der Waals surface area contributed by atoms with E-state index in [1.165, 1.54) is 12.3 Å². The van der Waals surface area contributed by atoms with Crippen LogP contribution in [0.2, 0.25) is 0 Å². The highest BCUT2D eigenvalue weighted by atomic mass is 17.0. The van der Waals surface area contributed by atoms with Crippen molar-refractivity contribution in [3.8, 4) is 0 Å². The molecule has 0 amide bonds. The first-order chi connectivity index (χ1) is 12.8. The lowest BCUT2D eigenvalue weighted by Gasteiger charge is -2.19. The molecule has 2 atom stereocenters. The highest BCUT2D eigenvalue weighted by molar-refractivity contribution is 5.87. The number of esters is 2. The van der Waals surface area contributed by atoms with E-state index in [0.717, 1.165) is 0 Å². The van der Waals surface area contributed by atoms with Gasteiger partial charge in [-0.15, -0.1) is 20.2 Å². The molecule has 1 aromatic heterocycles. The van der Waals surface area contributed by atoms with E-state index in [4.69, 9.17) is 9.47 Å². The van der Waals surface area contributed by atoms with Crippen LogP contribution >= 0.6 is 0 Å². The first kappa shape index (κ1) is 21.7. The topological polar surface area (TPSA) is 173 Å². The van der Waals surface area contributed by atoms with Gasteiger partial charge in [0.2, 0.25) is 6.29 Å². The Labute approximate surface area is 152 Å². The second-order valence-electron chi connectivity index (χ2n) is 5.16. The zero-order chi connectivity index (χ0) is 20.2. The van der Waals surface area contributed by atoms with Gasteiger partial charge in [-0.25, -0.2) is 4.79 Å². The Morgan fingerprint density at radius 3 is 2.48 bits per heavy atom. The summed E-state index contributed by atoms with van der Waals surface area (Å²) in [4.78, 5) is 55.1. The Bertz CT molecular complexity index is 633. The van der Waals surface area contributed by atoms with Crippen LogP contribution in [-0.2, 0) is 23.9 Å². The minimum Gasteiger partial charge on any atom is -0.425 e. The summed E-state index contributed by atoms with van der Waals surface area (Å²) in [5.74, 6) is -1.35. The molecule has 1 unspecified atom stereocenters. The monoisotopic (exact) mass is 389 g/mol. The van der Waals surface area contributed by atoms with Crippen molar-refractivity contribution in [2.45, 2.75) is 45.0 Å². The molecule has 1 N–H and O–H groups in total. The van der Waals surface area contributed by atoms with Crippen LogP contribution in [0.5, 0.6) is 0 Å². The highest BCUT2D eigenvalue weighted by Gasteiger charge is 2.22. The van der Waals surface area contributed by atoms with E-state index in [9.17, 15) is 29.8 Å². The summed E-state index contributed by atoms with van der Waals surface area (Å²) in [5.41, 5.74) is 0.154. The number of hydrogen-bond acceptors (Lipinski definition) is 10. The van der Waals surface area contributed by atoms with E-state index in [2.05, 4.69) is 14.7 Å². The largest absolute Gasteiger partial charge is 0.425 e. The van der Waals surface area contributed by atoms with Gasteiger partial charge in [0, 0.05) is 19.0 Å². The van der Waals surface area contributed by atoms with Crippen LogP contribution in [0.25, 0.3) is 0 Å². The summed E-state index contributed by atoms with van der Waals surface area (Å²) in [6.07, 6.45) is -0.741. The molecule has 0 aliphatic heterocycles. The van der Waals surface area contributed by atoms with Crippen LogP contribution < -0.4 is 0 Å². The summed E-state index contributed by atoms with van der Waals surface area (Å²) < 4.78 is 10.1. The number of carbonyl (C=O) groups is 2. The molecule has 13 nitrogen and oxygen atoms in total. The van der Waals surface area contributed by atoms with Gasteiger partial charge in [0.25, 0.3) is 10.2 Å². The third-order valence-electron chi connectivity index (χ3n) is 3.17. The maximum Gasteiger partial charge on any atom is 0.357 e. The van der Waals surface area contributed by atoms with Gasteiger partial charge in [0.05, 0.1) is 0 Å². The van der Waals surface area contributed by atoms with Crippen molar-refractivity contribution in [3.05, 3.63) is 44.3 Å². The van der Waals surface area contributed by atoms with E-state index < -0.39 is 41.1 Å². The third kappa shape index (κ3) is 9.04. The van der Waals surface area contributed by atoms with Crippen LogP contribution in [-0.4, -0.2) is 46.1 Å². The molecule has 150 valence electrons. The van der Waals surface area contributed by atoms with E-state index in [1.807, 2.05) is 0 Å². The summed E-state index contributed by atoms with van der Waals surface area (Å²) in [5, 5.41) is 18.4. The fourth-order valence-electron chi connectivity index (χ4n) is 1.96. The highest BCUT2D eigenvalue weighted by Crippen LogP contribution is 2.14. The Hall–Kier alpha value is -3.38. The zero-order valence-electron chi connectivity index (χ0n) is 14.4. The molecular weight excluding hydrogens is 370 g/mol. The van der Waals surface area contributed by atoms with Crippen LogP contribution in [0, 0.1) is 20.2 Å². The lowest BCUT2D eigenvalue weighted by molar-refractivity contribution is -0.790. The number of aromatic amines is 1. The first-order valence-corrected chi connectivity index (χ1v) is 7.94. The van der Waals surface area contributed by atoms with Crippen LogP contribution in [0.3, 0.4) is 0 Å². The van der Waals surface area contributed by atoms with E-state index >= 15 is 0 Å². The van der Waals surface area contributed by atoms with Crippen molar-refractivity contribution < 1.29 is 38.9 Å². The standard InChI is InChI=1S/C14H19N3O10/c1-2-12(18)25-13(26-14(19)11-6-4-8-15-11)7-3-5-10(27-17(22)23)9-24-16(20)21/h4,6,8,10,13,15H,2-3,5,7,9H2,1H3/t10-,13?/m1/s1. The molecule has 0 aromatic carbocycles. The van der Waals surface area contributed by atoms with Crippen molar-refractivity contribution in [2.24, 2.45) is 0 Å². The second-order valence-corrected chi connectivity index (χ2v) is 5.16. The Balaban J connectivity index is 2.59. The third-order valence-corrected chi connectivity index (χ3v) is 3.17. The van der Waals surface area contributed by atoms with Crippen molar-refractivity contribution in [1.29, 1.82) is 0 Å². The number of hydrogen-bond donors (Lipinski definition) is 1. The molecule has 27 heavy (non-hydrogen) atoms. The van der Waals surface area contributed by atoms with Crippen molar-refractivity contribution >= 4 is 11.9 Å². The summed E-state index contributed by atoms with van der Waals surface area (Å²) in [6, 6.07) is 3.05. The van der Waals surface area contributed by atoms with Gasteiger partial charge >= 0.3 is 11.9 Å². The normalized spacial score (nSPS) is 12.5. The number of nitrogens with one attached hydrogen (secondary N) is 1. The quantitative estimate of drug-likeness (QED) is 0.225. The molecule has 1 aromatic rings. The van der Waals surface area contributed by atoms with Gasteiger partial charge < -0.3 is 24.1 Å². The molecule has 0 spiro atoms. The van der Waals surface area contributed by atoms with Gasteiger partial charge in [-0.3, -0.25) is 4.79 Å². The van der Waals surface area contributed by atoms with Gasteiger partial charge in [-0.05, 0) is 25.0 Å².